The van der Waals surface area contributed by atoms with E-state index in [4.69, 9.17) is 15.9 Å². The number of thiol groups is 1. The Morgan fingerprint density at radius 2 is 1.42 bits per heavy atom. The van der Waals surface area contributed by atoms with Crippen molar-refractivity contribution in [3.63, 3.8) is 0 Å². The molecule has 0 aliphatic rings. The fourth-order valence-corrected chi connectivity index (χ4v) is 2.80. The van der Waals surface area contributed by atoms with E-state index < -0.39 is 66.4 Å². The molecule has 31 heavy (non-hydrogen) atoms. The van der Waals surface area contributed by atoms with Crippen molar-refractivity contribution in [3.8, 4) is 0 Å². The van der Waals surface area contributed by atoms with Crippen molar-refractivity contribution in [2.24, 2.45) is 11.7 Å². The van der Waals surface area contributed by atoms with Crippen molar-refractivity contribution in [1.29, 1.82) is 0 Å². The van der Waals surface area contributed by atoms with Gasteiger partial charge in [-0.1, -0.05) is 13.8 Å². The van der Waals surface area contributed by atoms with Crippen LogP contribution in [0.15, 0.2) is 0 Å². The van der Waals surface area contributed by atoms with Crippen molar-refractivity contribution >= 4 is 42.3 Å². The number of aliphatic carboxylic acids is 2. The lowest BCUT2D eigenvalue weighted by Gasteiger charge is -2.25. The maximum atomic E-state index is 12.6. The van der Waals surface area contributed by atoms with E-state index >= 15 is 0 Å². The molecule has 5 unspecified atom stereocenters. The highest BCUT2D eigenvalue weighted by Crippen LogP contribution is 2.05. The third-order valence-corrected chi connectivity index (χ3v) is 4.57. The molecule has 13 heteroatoms. The second-order valence-electron chi connectivity index (χ2n) is 7.54. The first-order valence-corrected chi connectivity index (χ1v) is 10.3. The van der Waals surface area contributed by atoms with Crippen LogP contribution >= 0.6 is 12.6 Å². The van der Waals surface area contributed by atoms with Gasteiger partial charge in [0.1, 0.15) is 12.1 Å². The summed E-state index contributed by atoms with van der Waals surface area (Å²) in [7, 11) is 0. The number of carbonyl (C=O) groups excluding carboxylic acids is 3. The number of rotatable bonds is 14. The van der Waals surface area contributed by atoms with Crippen LogP contribution in [-0.2, 0) is 24.0 Å². The molecule has 0 aliphatic heterocycles. The van der Waals surface area contributed by atoms with Crippen molar-refractivity contribution in [2.75, 3.05) is 5.75 Å². The molecular formula is C18H32N4O8S. The standard InChI is InChI=1S/C18H32N4O8S/c1-8(2)6-10(19)15(26)21-12(7-31)17(28)20-11(4-5-13(24)25)16(27)22-14(9(3)23)18(29)30/h8-12,14,23,31H,4-7,19H2,1-3H3,(H,20,28)(H,21,26)(H,22,27)(H,24,25)(H,29,30). The molecule has 12 nitrogen and oxygen atoms in total. The SMILES string of the molecule is CC(C)CC(N)C(=O)NC(CS)C(=O)NC(CCC(=O)O)C(=O)NC(C(=O)O)C(C)O. The lowest BCUT2D eigenvalue weighted by molar-refractivity contribution is -0.145. The zero-order chi connectivity index (χ0) is 24.3. The van der Waals surface area contributed by atoms with Crippen LogP contribution in [0.1, 0.15) is 40.0 Å². The second-order valence-corrected chi connectivity index (χ2v) is 7.90. The van der Waals surface area contributed by atoms with E-state index in [1.807, 2.05) is 13.8 Å². The topological polar surface area (TPSA) is 208 Å². The molecule has 0 saturated heterocycles. The van der Waals surface area contributed by atoms with Crippen LogP contribution < -0.4 is 21.7 Å². The Kier molecular flexibility index (Phi) is 12.8. The zero-order valence-corrected chi connectivity index (χ0v) is 18.6. The molecule has 0 radical (unpaired) electrons. The van der Waals surface area contributed by atoms with Gasteiger partial charge in [-0.05, 0) is 25.7 Å². The summed E-state index contributed by atoms with van der Waals surface area (Å²) in [4.78, 5) is 59.3. The molecule has 0 aromatic heterocycles. The summed E-state index contributed by atoms with van der Waals surface area (Å²) in [5.74, 6) is -5.15. The molecule has 0 heterocycles. The van der Waals surface area contributed by atoms with Crippen molar-refractivity contribution < 1.29 is 39.3 Å². The van der Waals surface area contributed by atoms with Gasteiger partial charge >= 0.3 is 11.9 Å². The van der Waals surface area contributed by atoms with E-state index in [1.165, 1.54) is 0 Å². The minimum atomic E-state index is -1.66. The van der Waals surface area contributed by atoms with Crippen LogP contribution in [0, 0.1) is 5.92 Å². The Hall–Kier alpha value is -2.38. The molecule has 0 fully saturated rings. The maximum absolute atomic E-state index is 12.6. The van der Waals surface area contributed by atoms with Crippen LogP contribution in [0.25, 0.3) is 0 Å². The van der Waals surface area contributed by atoms with Gasteiger partial charge in [0.05, 0.1) is 12.1 Å². The quantitative estimate of drug-likeness (QED) is 0.134. The monoisotopic (exact) mass is 464 g/mol. The first kappa shape index (κ1) is 28.6. The fraction of sp³-hybridized carbons (Fsp3) is 0.722. The van der Waals surface area contributed by atoms with Gasteiger partial charge in [0.15, 0.2) is 6.04 Å². The van der Waals surface area contributed by atoms with E-state index in [2.05, 4.69) is 28.6 Å². The Bertz CT molecular complexity index is 658. The number of carbonyl (C=O) groups is 5. The summed E-state index contributed by atoms with van der Waals surface area (Å²) in [6.07, 6.45) is -1.91. The fourth-order valence-electron chi connectivity index (χ4n) is 2.54. The molecule has 0 bridgehead atoms. The van der Waals surface area contributed by atoms with E-state index in [0.717, 1.165) is 6.92 Å². The van der Waals surface area contributed by atoms with E-state index in [1.54, 1.807) is 0 Å². The minimum absolute atomic E-state index is 0.134. The minimum Gasteiger partial charge on any atom is -0.481 e. The Balaban J connectivity index is 5.31. The summed E-state index contributed by atoms with van der Waals surface area (Å²) in [6.45, 7) is 4.90. The molecule has 5 atom stereocenters. The van der Waals surface area contributed by atoms with Crippen LogP contribution in [0.5, 0.6) is 0 Å². The number of hydrogen-bond acceptors (Lipinski definition) is 8. The number of hydrogen-bond donors (Lipinski definition) is 8. The van der Waals surface area contributed by atoms with Crippen LogP contribution in [0.3, 0.4) is 0 Å². The normalized spacial score (nSPS) is 15.8. The Morgan fingerprint density at radius 1 is 0.903 bits per heavy atom. The predicted molar refractivity (Wildman–Crippen MR) is 113 cm³/mol. The van der Waals surface area contributed by atoms with Crippen LogP contribution in [0.2, 0.25) is 0 Å². The number of aliphatic hydroxyl groups is 1. The maximum Gasteiger partial charge on any atom is 0.328 e. The largest absolute Gasteiger partial charge is 0.481 e. The lowest BCUT2D eigenvalue weighted by Crippen LogP contribution is -2.58. The molecule has 0 spiro atoms. The van der Waals surface area contributed by atoms with E-state index in [9.17, 15) is 29.1 Å². The predicted octanol–water partition coefficient (Wildman–Crippen LogP) is -1.93. The number of nitrogens with two attached hydrogens (primary N) is 1. The molecule has 0 aromatic carbocycles. The van der Waals surface area contributed by atoms with Gasteiger partial charge in [-0.15, -0.1) is 0 Å². The average Bonchev–Trinajstić information content (AvgIpc) is 2.65. The number of carboxylic acid groups (broad SMARTS) is 2. The molecule has 3 amide bonds. The summed E-state index contributed by atoms with van der Waals surface area (Å²) < 4.78 is 0. The third kappa shape index (κ3) is 11.0. The van der Waals surface area contributed by atoms with Gasteiger partial charge in [0.2, 0.25) is 17.7 Å². The third-order valence-electron chi connectivity index (χ3n) is 4.20. The van der Waals surface area contributed by atoms with Crippen molar-refractivity contribution in [3.05, 3.63) is 0 Å². The highest BCUT2D eigenvalue weighted by atomic mass is 32.1. The van der Waals surface area contributed by atoms with Gasteiger partial charge in [-0.25, -0.2) is 4.79 Å². The molecule has 0 aromatic rings. The molecular weight excluding hydrogens is 432 g/mol. The highest BCUT2D eigenvalue weighted by Gasteiger charge is 2.31. The average molecular weight is 465 g/mol. The summed E-state index contributed by atoms with van der Waals surface area (Å²) >= 11 is 4.01. The van der Waals surface area contributed by atoms with Gasteiger partial charge in [-0.3, -0.25) is 19.2 Å². The van der Waals surface area contributed by atoms with Crippen LogP contribution in [0.4, 0.5) is 0 Å². The molecule has 178 valence electrons. The van der Waals surface area contributed by atoms with Gasteiger partial charge < -0.3 is 37.0 Å². The lowest BCUT2D eigenvalue weighted by atomic mass is 10.0. The number of nitrogens with one attached hydrogen (secondary N) is 3. The Morgan fingerprint density at radius 3 is 1.84 bits per heavy atom. The molecule has 8 N–H and O–H groups in total. The first-order chi connectivity index (χ1) is 14.3. The summed E-state index contributed by atoms with van der Waals surface area (Å²) in [6, 6.07) is -5.11. The highest BCUT2D eigenvalue weighted by molar-refractivity contribution is 7.80. The van der Waals surface area contributed by atoms with Crippen molar-refractivity contribution in [2.45, 2.75) is 70.3 Å². The molecule has 0 rings (SSSR count). The number of aliphatic hydroxyl groups excluding tert-OH is 1. The second kappa shape index (κ2) is 13.8. The zero-order valence-electron chi connectivity index (χ0n) is 17.7. The van der Waals surface area contributed by atoms with Gasteiger partial charge in [-0.2, -0.15) is 12.6 Å². The molecule has 0 aliphatic carbocycles. The van der Waals surface area contributed by atoms with Crippen LogP contribution in [-0.4, -0.2) is 81.0 Å². The van der Waals surface area contributed by atoms with Crippen molar-refractivity contribution in [1.82, 2.24) is 16.0 Å². The number of carboxylic acids is 2. The number of amides is 3. The smallest absolute Gasteiger partial charge is 0.328 e. The van der Waals surface area contributed by atoms with Gasteiger partial charge in [0.25, 0.3) is 0 Å². The van der Waals surface area contributed by atoms with E-state index in [0.29, 0.717) is 6.42 Å². The summed E-state index contributed by atoms with van der Waals surface area (Å²) in [5.41, 5.74) is 5.79. The molecule has 0 saturated carbocycles. The first-order valence-electron chi connectivity index (χ1n) is 9.70. The Labute approximate surface area is 185 Å². The van der Waals surface area contributed by atoms with E-state index in [-0.39, 0.29) is 18.1 Å². The summed E-state index contributed by atoms with van der Waals surface area (Å²) in [5, 5.41) is 34.3. The van der Waals surface area contributed by atoms with Gasteiger partial charge in [0, 0.05) is 12.2 Å².